The van der Waals surface area contributed by atoms with Crippen molar-refractivity contribution in [3.63, 3.8) is 0 Å². The largest absolute Gasteiger partial charge is 0.431 e. The molecule has 184 valence electrons. The van der Waals surface area contributed by atoms with Gasteiger partial charge in [-0.05, 0) is 31.9 Å². The number of rotatable bonds is 6. The summed E-state index contributed by atoms with van der Waals surface area (Å²) in [6.07, 6.45) is 3.81. The minimum absolute atomic E-state index is 0.126. The number of morpholine rings is 1. The van der Waals surface area contributed by atoms with Crippen LogP contribution in [0.2, 0.25) is 0 Å². The number of ether oxygens (including phenoxy) is 2. The monoisotopic (exact) mass is 478 g/mol. The summed E-state index contributed by atoms with van der Waals surface area (Å²) in [6, 6.07) is 3.76. The third-order valence-corrected chi connectivity index (χ3v) is 6.93. The first-order valence-electron chi connectivity index (χ1n) is 11.6. The van der Waals surface area contributed by atoms with Crippen molar-refractivity contribution in [2.45, 2.75) is 50.4 Å². The first-order chi connectivity index (χ1) is 16.3. The van der Waals surface area contributed by atoms with E-state index in [0.717, 1.165) is 44.8 Å². The van der Waals surface area contributed by atoms with E-state index in [1.54, 1.807) is 6.92 Å². The zero-order chi connectivity index (χ0) is 23.9. The molecule has 0 radical (unpaired) electrons. The van der Waals surface area contributed by atoms with Gasteiger partial charge in [0, 0.05) is 55.5 Å². The van der Waals surface area contributed by atoms with Gasteiger partial charge in [0.1, 0.15) is 5.67 Å². The highest BCUT2D eigenvalue weighted by Crippen LogP contribution is 2.41. The number of nitrogen functional groups attached to an aromatic ring is 1. The molecular formula is C23H29F3N6O2. The Labute approximate surface area is 196 Å². The van der Waals surface area contributed by atoms with E-state index in [-0.39, 0.29) is 24.0 Å². The Morgan fingerprint density at radius 3 is 2.62 bits per heavy atom. The van der Waals surface area contributed by atoms with Crippen LogP contribution in [0.5, 0.6) is 5.75 Å². The summed E-state index contributed by atoms with van der Waals surface area (Å²) in [5.74, 6) is 0.351. The molecule has 8 nitrogen and oxygen atoms in total. The summed E-state index contributed by atoms with van der Waals surface area (Å²) in [5, 5.41) is 0. The average Bonchev–Trinajstić information content (AvgIpc) is 3.14. The van der Waals surface area contributed by atoms with Gasteiger partial charge in [-0.1, -0.05) is 0 Å². The maximum absolute atomic E-state index is 14.6. The molecule has 0 aromatic carbocycles. The summed E-state index contributed by atoms with van der Waals surface area (Å²) in [5.41, 5.74) is 6.27. The average molecular weight is 479 g/mol. The first-order valence-corrected chi connectivity index (χ1v) is 11.6. The standard InChI is InChI=1S/C23H29F3N6O2/c1-23(26)2-3-32(13-23)22-29-17(14-8-16(9-14)31-4-6-33-7-5-31)11-18(30-22)15-10-19(34-21(24)25)20(27)28-12-15/h10-12,14,16,21H,2-9,13H2,1H3,(H2,27,28)/t14?,16?,23-/m0/s1. The minimum atomic E-state index is -3.02. The third-order valence-electron chi connectivity index (χ3n) is 6.93. The number of alkyl halides is 3. The van der Waals surface area contributed by atoms with Gasteiger partial charge < -0.3 is 20.1 Å². The Kier molecular flexibility index (Phi) is 6.24. The van der Waals surface area contributed by atoms with Gasteiger partial charge >= 0.3 is 6.61 Å². The molecule has 11 heteroatoms. The van der Waals surface area contributed by atoms with E-state index in [9.17, 15) is 13.2 Å². The number of hydrogen-bond acceptors (Lipinski definition) is 8. The zero-order valence-electron chi connectivity index (χ0n) is 19.1. The Balaban J connectivity index is 1.44. The topological polar surface area (TPSA) is 89.6 Å². The molecule has 0 amide bonds. The van der Waals surface area contributed by atoms with Gasteiger partial charge in [0.2, 0.25) is 5.95 Å². The van der Waals surface area contributed by atoms with Crippen LogP contribution in [0, 0.1) is 0 Å². The van der Waals surface area contributed by atoms with Crippen LogP contribution >= 0.6 is 0 Å². The van der Waals surface area contributed by atoms with Gasteiger partial charge in [-0.2, -0.15) is 8.78 Å². The molecule has 2 aromatic heterocycles. The van der Waals surface area contributed by atoms with E-state index >= 15 is 0 Å². The van der Waals surface area contributed by atoms with Gasteiger partial charge in [0.15, 0.2) is 11.6 Å². The quantitative estimate of drug-likeness (QED) is 0.677. The summed E-state index contributed by atoms with van der Waals surface area (Å²) < 4.78 is 50.1. The highest BCUT2D eigenvalue weighted by atomic mass is 19.3. The lowest BCUT2D eigenvalue weighted by molar-refractivity contribution is -0.0494. The molecule has 0 spiro atoms. The fraction of sp³-hybridized carbons (Fsp3) is 0.609. The lowest BCUT2D eigenvalue weighted by atomic mass is 9.77. The summed E-state index contributed by atoms with van der Waals surface area (Å²) in [7, 11) is 0. The van der Waals surface area contributed by atoms with Gasteiger partial charge in [0.25, 0.3) is 0 Å². The van der Waals surface area contributed by atoms with Crippen molar-refractivity contribution in [1.82, 2.24) is 19.9 Å². The highest BCUT2D eigenvalue weighted by Gasteiger charge is 2.38. The molecule has 4 heterocycles. The van der Waals surface area contributed by atoms with E-state index in [1.807, 2.05) is 11.0 Å². The third kappa shape index (κ3) is 4.90. The molecule has 1 saturated carbocycles. The number of aromatic nitrogens is 3. The van der Waals surface area contributed by atoms with Crippen LogP contribution in [0.3, 0.4) is 0 Å². The van der Waals surface area contributed by atoms with Crippen molar-refractivity contribution in [3.05, 3.63) is 24.0 Å². The van der Waals surface area contributed by atoms with E-state index < -0.39 is 12.3 Å². The van der Waals surface area contributed by atoms with Crippen LogP contribution in [0.1, 0.15) is 37.8 Å². The molecular weight excluding hydrogens is 449 g/mol. The van der Waals surface area contributed by atoms with Gasteiger partial charge in [-0.25, -0.2) is 19.3 Å². The minimum Gasteiger partial charge on any atom is -0.431 e. The number of nitrogens with zero attached hydrogens (tertiary/aromatic N) is 5. The molecule has 1 aliphatic carbocycles. The molecule has 3 fully saturated rings. The van der Waals surface area contributed by atoms with Crippen molar-refractivity contribution in [2.24, 2.45) is 0 Å². The van der Waals surface area contributed by atoms with Crippen molar-refractivity contribution >= 4 is 11.8 Å². The molecule has 5 rings (SSSR count). The number of hydrogen-bond donors (Lipinski definition) is 1. The fourth-order valence-electron chi connectivity index (χ4n) is 4.90. The number of halogens is 3. The normalized spacial score (nSPS) is 27.7. The smallest absolute Gasteiger partial charge is 0.387 e. The Bertz CT molecular complexity index is 1030. The SMILES string of the molecule is C[C@]1(F)CCN(c2nc(-c3cnc(N)c(OC(F)F)c3)cc(C3CC(N4CCOCC4)C3)n2)C1. The predicted molar refractivity (Wildman–Crippen MR) is 121 cm³/mol. The lowest BCUT2D eigenvalue weighted by Crippen LogP contribution is -2.49. The van der Waals surface area contributed by atoms with Crippen molar-refractivity contribution in [1.29, 1.82) is 0 Å². The van der Waals surface area contributed by atoms with Crippen molar-refractivity contribution in [2.75, 3.05) is 50.0 Å². The maximum atomic E-state index is 14.6. The second kappa shape index (κ2) is 9.18. The van der Waals surface area contributed by atoms with Crippen molar-refractivity contribution < 1.29 is 22.6 Å². The lowest BCUT2D eigenvalue weighted by Gasteiger charge is -2.44. The van der Waals surface area contributed by atoms with Crippen molar-refractivity contribution in [3.8, 4) is 17.0 Å². The van der Waals surface area contributed by atoms with Gasteiger partial charge in [0.05, 0.1) is 25.5 Å². The Hall–Kier alpha value is -2.66. The Morgan fingerprint density at radius 1 is 1.18 bits per heavy atom. The molecule has 2 saturated heterocycles. The number of nitrogens with two attached hydrogens (primary N) is 1. The van der Waals surface area contributed by atoms with Crippen LogP contribution < -0.4 is 15.4 Å². The molecule has 0 unspecified atom stereocenters. The fourth-order valence-corrected chi connectivity index (χ4v) is 4.90. The number of pyridine rings is 1. The molecule has 0 bridgehead atoms. The van der Waals surface area contributed by atoms with Crippen LogP contribution in [-0.4, -0.2) is 77.6 Å². The van der Waals surface area contributed by atoms with E-state index in [4.69, 9.17) is 15.5 Å². The summed E-state index contributed by atoms with van der Waals surface area (Å²) >= 11 is 0. The first kappa shape index (κ1) is 23.1. The molecule has 34 heavy (non-hydrogen) atoms. The summed E-state index contributed by atoms with van der Waals surface area (Å²) in [4.78, 5) is 17.8. The van der Waals surface area contributed by atoms with Crippen LogP contribution in [0.4, 0.5) is 24.9 Å². The predicted octanol–water partition coefficient (Wildman–Crippen LogP) is 3.24. The van der Waals surface area contributed by atoms with E-state index in [2.05, 4.69) is 19.6 Å². The molecule has 1 atom stereocenters. The van der Waals surface area contributed by atoms with E-state index in [1.165, 1.54) is 12.3 Å². The van der Waals surface area contributed by atoms with Gasteiger partial charge in [-0.15, -0.1) is 0 Å². The van der Waals surface area contributed by atoms with Gasteiger partial charge in [-0.3, -0.25) is 4.90 Å². The molecule has 2 N–H and O–H groups in total. The second-order valence-corrected chi connectivity index (χ2v) is 9.52. The number of anilines is 2. The molecule has 2 aromatic rings. The maximum Gasteiger partial charge on any atom is 0.387 e. The van der Waals surface area contributed by atoms with Crippen LogP contribution in [0.25, 0.3) is 11.3 Å². The highest BCUT2D eigenvalue weighted by molar-refractivity contribution is 5.65. The molecule has 3 aliphatic rings. The van der Waals surface area contributed by atoms with Crippen LogP contribution in [0.15, 0.2) is 18.3 Å². The van der Waals surface area contributed by atoms with Crippen LogP contribution in [-0.2, 0) is 4.74 Å². The van der Waals surface area contributed by atoms with E-state index in [0.29, 0.717) is 36.2 Å². The molecule has 2 aliphatic heterocycles. The summed E-state index contributed by atoms with van der Waals surface area (Å²) in [6.45, 7) is 2.66. The zero-order valence-corrected chi connectivity index (χ0v) is 19.1. The second-order valence-electron chi connectivity index (χ2n) is 9.52. The Morgan fingerprint density at radius 2 is 1.94 bits per heavy atom.